The van der Waals surface area contributed by atoms with Crippen molar-refractivity contribution in [3.63, 3.8) is 0 Å². The standard InChI is InChI=1S/C17H25N3/c1-11-15-2-3-18-10-16(15)19-20(11)17-7-12-4-13(8-17)6-14(5-12)9-17/h12-14,18H,2-10H2,1H3. The maximum absolute atomic E-state index is 5.09. The van der Waals surface area contributed by atoms with Gasteiger partial charge in [-0.1, -0.05) is 0 Å². The molecule has 6 rings (SSSR count). The van der Waals surface area contributed by atoms with Crippen LogP contribution in [0.3, 0.4) is 0 Å². The van der Waals surface area contributed by atoms with Crippen LogP contribution in [-0.2, 0) is 18.5 Å². The summed E-state index contributed by atoms with van der Waals surface area (Å²) in [4.78, 5) is 0. The molecule has 0 atom stereocenters. The molecule has 5 aliphatic rings. The highest BCUT2D eigenvalue weighted by atomic mass is 15.3. The summed E-state index contributed by atoms with van der Waals surface area (Å²) in [5, 5.41) is 8.57. The number of fused-ring (bicyclic) bond motifs is 1. The van der Waals surface area contributed by atoms with Crippen LogP contribution in [0.2, 0.25) is 0 Å². The van der Waals surface area contributed by atoms with E-state index in [2.05, 4.69) is 16.9 Å². The quantitative estimate of drug-likeness (QED) is 0.851. The third kappa shape index (κ3) is 1.47. The number of hydrogen-bond donors (Lipinski definition) is 1. The van der Waals surface area contributed by atoms with Gasteiger partial charge in [-0.3, -0.25) is 4.68 Å². The van der Waals surface area contributed by atoms with Gasteiger partial charge in [0.2, 0.25) is 0 Å². The highest BCUT2D eigenvalue weighted by Gasteiger charge is 2.53. The molecular weight excluding hydrogens is 246 g/mol. The molecule has 4 fully saturated rings. The predicted molar refractivity (Wildman–Crippen MR) is 78.5 cm³/mol. The van der Waals surface area contributed by atoms with Crippen molar-refractivity contribution in [3.8, 4) is 0 Å². The molecule has 0 saturated heterocycles. The molecule has 3 nitrogen and oxygen atoms in total. The van der Waals surface area contributed by atoms with Gasteiger partial charge < -0.3 is 5.32 Å². The molecule has 2 heterocycles. The zero-order chi connectivity index (χ0) is 13.3. The molecular formula is C17H25N3. The minimum Gasteiger partial charge on any atom is -0.311 e. The van der Waals surface area contributed by atoms with E-state index in [1.807, 2.05) is 0 Å². The molecule has 0 unspecified atom stereocenters. The highest BCUT2D eigenvalue weighted by molar-refractivity contribution is 5.29. The molecule has 0 aromatic carbocycles. The Morgan fingerprint density at radius 3 is 2.35 bits per heavy atom. The van der Waals surface area contributed by atoms with Crippen molar-refractivity contribution >= 4 is 0 Å². The molecule has 4 saturated carbocycles. The molecule has 20 heavy (non-hydrogen) atoms. The van der Waals surface area contributed by atoms with Gasteiger partial charge in [-0.15, -0.1) is 0 Å². The highest BCUT2D eigenvalue weighted by Crippen LogP contribution is 2.59. The summed E-state index contributed by atoms with van der Waals surface area (Å²) in [5.74, 6) is 3.00. The number of aromatic nitrogens is 2. The zero-order valence-electron chi connectivity index (χ0n) is 12.5. The van der Waals surface area contributed by atoms with Crippen LogP contribution in [0.1, 0.15) is 55.5 Å². The van der Waals surface area contributed by atoms with Crippen molar-refractivity contribution in [3.05, 3.63) is 17.0 Å². The fraction of sp³-hybridized carbons (Fsp3) is 0.824. The van der Waals surface area contributed by atoms with Gasteiger partial charge in [0.05, 0.1) is 11.2 Å². The Morgan fingerprint density at radius 2 is 1.75 bits per heavy atom. The minimum absolute atomic E-state index is 0.399. The van der Waals surface area contributed by atoms with Crippen LogP contribution in [-0.4, -0.2) is 16.3 Å². The second-order valence-electron chi connectivity index (χ2n) is 7.99. The lowest BCUT2D eigenvalue weighted by molar-refractivity contribution is -0.0505. The van der Waals surface area contributed by atoms with E-state index in [1.54, 1.807) is 5.56 Å². The SMILES string of the molecule is Cc1c2c(nn1C13CC4CC(CC(C4)C1)C3)CNCC2. The van der Waals surface area contributed by atoms with Crippen LogP contribution in [0.4, 0.5) is 0 Å². The van der Waals surface area contributed by atoms with E-state index in [-0.39, 0.29) is 0 Å². The van der Waals surface area contributed by atoms with Gasteiger partial charge in [-0.2, -0.15) is 5.10 Å². The van der Waals surface area contributed by atoms with E-state index >= 15 is 0 Å². The van der Waals surface area contributed by atoms with Gasteiger partial charge in [0, 0.05) is 12.2 Å². The third-order valence-electron chi connectivity index (χ3n) is 6.62. The molecule has 1 aromatic heterocycles. The zero-order valence-corrected chi connectivity index (χ0v) is 12.5. The second-order valence-corrected chi connectivity index (χ2v) is 7.99. The van der Waals surface area contributed by atoms with Gasteiger partial charge >= 0.3 is 0 Å². The minimum atomic E-state index is 0.399. The summed E-state index contributed by atoms with van der Waals surface area (Å²) in [6.45, 7) is 4.44. The number of hydrogen-bond acceptors (Lipinski definition) is 2. The largest absolute Gasteiger partial charge is 0.311 e. The molecule has 4 aliphatic carbocycles. The molecule has 0 spiro atoms. The monoisotopic (exact) mass is 271 g/mol. The van der Waals surface area contributed by atoms with E-state index in [1.165, 1.54) is 56.3 Å². The van der Waals surface area contributed by atoms with Crippen LogP contribution >= 0.6 is 0 Å². The Kier molecular flexibility index (Phi) is 2.29. The molecule has 0 radical (unpaired) electrons. The van der Waals surface area contributed by atoms with Gasteiger partial charge in [0.15, 0.2) is 0 Å². The van der Waals surface area contributed by atoms with Crippen LogP contribution in [0.5, 0.6) is 0 Å². The first kappa shape index (κ1) is 11.8. The van der Waals surface area contributed by atoms with Crippen molar-refractivity contribution in [2.45, 2.75) is 64.0 Å². The van der Waals surface area contributed by atoms with Gasteiger partial charge in [-0.25, -0.2) is 0 Å². The second kappa shape index (κ2) is 3.88. The summed E-state index contributed by atoms with van der Waals surface area (Å²) in [7, 11) is 0. The molecule has 4 bridgehead atoms. The predicted octanol–water partition coefficient (Wildman–Crippen LogP) is 2.76. The van der Waals surface area contributed by atoms with Crippen LogP contribution < -0.4 is 5.32 Å². The van der Waals surface area contributed by atoms with Crippen molar-refractivity contribution in [2.75, 3.05) is 6.54 Å². The number of nitrogens with zero attached hydrogens (tertiary/aromatic N) is 2. The normalized spacial score (nSPS) is 42.0. The first-order chi connectivity index (χ1) is 9.73. The lowest BCUT2D eigenvalue weighted by Crippen LogP contribution is -2.52. The van der Waals surface area contributed by atoms with E-state index < -0.39 is 0 Å². The summed E-state index contributed by atoms with van der Waals surface area (Å²) in [5.41, 5.74) is 4.78. The number of rotatable bonds is 1. The van der Waals surface area contributed by atoms with Gasteiger partial charge in [0.25, 0.3) is 0 Å². The smallest absolute Gasteiger partial charge is 0.0797 e. The maximum atomic E-state index is 5.09. The van der Waals surface area contributed by atoms with E-state index in [0.29, 0.717) is 5.54 Å². The summed E-state index contributed by atoms with van der Waals surface area (Å²) < 4.78 is 2.51. The first-order valence-electron chi connectivity index (χ1n) is 8.52. The topological polar surface area (TPSA) is 29.9 Å². The van der Waals surface area contributed by atoms with Crippen molar-refractivity contribution in [1.29, 1.82) is 0 Å². The van der Waals surface area contributed by atoms with Crippen molar-refractivity contribution < 1.29 is 0 Å². The lowest BCUT2D eigenvalue weighted by Gasteiger charge is -2.57. The summed E-state index contributed by atoms with van der Waals surface area (Å²) >= 11 is 0. The van der Waals surface area contributed by atoms with Crippen LogP contribution in [0.15, 0.2) is 0 Å². The average Bonchev–Trinajstić information content (AvgIpc) is 2.76. The number of nitrogens with one attached hydrogen (secondary N) is 1. The molecule has 1 N–H and O–H groups in total. The Balaban J connectivity index is 1.61. The van der Waals surface area contributed by atoms with Crippen molar-refractivity contribution in [2.24, 2.45) is 17.8 Å². The van der Waals surface area contributed by atoms with Crippen LogP contribution in [0, 0.1) is 24.7 Å². The van der Waals surface area contributed by atoms with E-state index in [0.717, 1.165) is 30.8 Å². The lowest BCUT2D eigenvalue weighted by atomic mass is 9.53. The Labute approximate surface area is 121 Å². The van der Waals surface area contributed by atoms with Crippen molar-refractivity contribution in [1.82, 2.24) is 15.1 Å². The Hall–Kier alpha value is -0.830. The molecule has 1 aromatic rings. The molecule has 108 valence electrons. The molecule has 3 heteroatoms. The Bertz CT molecular complexity index is 522. The fourth-order valence-electron chi connectivity index (χ4n) is 6.27. The van der Waals surface area contributed by atoms with E-state index in [4.69, 9.17) is 5.10 Å². The Morgan fingerprint density at radius 1 is 1.10 bits per heavy atom. The van der Waals surface area contributed by atoms with Crippen LogP contribution in [0.25, 0.3) is 0 Å². The third-order valence-corrected chi connectivity index (χ3v) is 6.62. The summed E-state index contributed by atoms with van der Waals surface area (Å²) in [6.07, 6.45) is 9.95. The maximum Gasteiger partial charge on any atom is 0.0797 e. The molecule has 0 amide bonds. The summed E-state index contributed by atoms with van der Waals surface area (Å²) in [6, 6.07) is 0. The van der Waals surface area contributed by atoms with Gasteiger partial charge in [-0.05, 0) is 81.7 Å². The molecule has 1 aliphatic heterocycles. The average molecular weight is 271 g/mol. The fourth-order valence-corrected chi connectivity index (χ4v) is 6.27. The first-order valence-corrected chi connectivity index (χ1v) is 8.52. The van der Waals surface area contributed by atoms with E-state index in [9.17, 15) is 0 Å². The van der Waals surface area contributed by atoms with Gasteiger partial charge in [0.1, 0.15) is 0 Å².